The normalized spacial score (nSPS) is 13.0. The fourth-order valence-corrected chi connectivity index (χ4v) is 2.21. The van der Waals surface area contributed by atoms with Gasteiger partial charge in [0, 0.05) is 0 Å². The molecule has 0 saturated carbocycles. The summed E-state index contributed by atoms with van der Waals surface area (Å²) in [6.45, 7) is 2.09. The van der Waals surface area contributed by atoms with Gasteiger partial charge in [0.05, 0.1) is 0 Å². The maximum atomic E-state index is 10.2. The molecule has 60 valence electrons. The zero-order valence-corrected chi connectivity index (χ0v) is 7.75. The van der Waals surface area contributed by atoms with Gasteiger partial charge in [-0.3, -0.25) is 0 Å². The fraction of sp³-hybridized carbons (Fsp3) is 0.833. The van der Waals surface area contributed by atoms with Crippen LogP contribution in [-0.2, 0) is 4.79 Å². The Bertz CT molecular complexity index is 108. The van der Waals surface area contributed by atoms with Crippen molar-refractivity contribution in [1.29, 1.82) is 0 Å². The van der Waals surface area contributed by atoms with Crippen molar-refractivity contribution in [2.24, 2.45) is 5.73 Å². The van der Waals surface area contributed by atoms with E-state index < -0.39 is 12.0 Å². The molecule has 0 unspecified atom stereocenters. The van der Waals surface area contributed by atoms with Crippen molar-refractivity contribution in [3.8, 4) is 0 Å². The van der Waals surface area contributed by atoms with Crippen molar-refractivity contribution >= 4 is 20.9 Å². The van der Waals surface area contributed by atoms with Gasteiger partial charge in [-0.1, -0.05) is 0 Å². The van der Waals surface area contributed by atoms with Crippen LogP contribution >= 0.6 is 0 Å². The Morgan fingerprint density at radius 3 is 2.80 bits per heavy atom. The second-order valence-corrected chi connectivity index (χ2v) is 4.43. The van der Waals surface area contributed by atoms with Crippen molar-refractivity contribution in [3.63, 3.8) is 0 Å². The van der Waals surface area contributed by atoms with Gasteiger partial charge in [0.1, 0.15) is 0 Å². The van der Waals surface area contributed by atoms with E-state index in [9.17, 15) is 4.79 Å². The third kappa shape index (κ3) is 4.79. The first-order chi connectivity index (χ1) is 4.68. The Morgan fingerprint density at radius 1 is 1.80 bits per heavy atom. The van der Waals surface area contributed by atoms with Gasteiger partial charge in [-0.2, -0.15) is 0 Å². The Labute approximate surface area is 67.1 Å². The SMILES string of the molecule is CCC[Se]C[C@H](N)C(=O)O. The topological polar surface area (TPSA) is 63.3 Å². The van der Waals surface area contributed by atoms with Gasteiger partial charge < -0.3 is 0 Å². The predicted molar refractivity (Wildman–Crippen MR) is 41.3 cm³/mol. The first-order valence-corrected chi connectivity index (χ1v) is 5.67. The zero-order valence-electron chi connectivity index (χ0n) is 6.04. The summed E-state index contributed by atoms with van der Waals surface area (Å²) in [6.07, 6.45) is 1.13. The first-order valence-electron chi connectivity index (χ1n) is 3.24. The van der Waals surface area contributed by atoms with Crippen LogP contribution in [0.5, 0.6) is 0 Å². The molecular formula is C6H13NO2Se. The van der Waals surface area contributed by atoms with E-state index in [1.807, 2.05) is 0 Å². The Balaban J connectivity index is 3.21. The summed E-state index contributed by atoms with van der Waals surface area (Å²) in [5, 5.41) is 10.2. The van der Waals surface area contributed by atoms with Crippen LogP contribution in [0, 0.1) is 0 Å². The molecule has 3 nitrogen and oxygen atoms in total. The van der Waals surface area contributed by atoms with Crippen molar-refractivity contribution in [2.75, 3.05) is 0 Å². The van der Waals surface area contributed by atoms with Crippen LogP contribution in [0.3, 0.4) is 0 Å². The van der Waals surface area contributed by atoms with E-state index in [0.29, 0.717) is 20.3 Å². The van der Waals surface area contributed by atoms with Gasteiger partial charge in [0.15, 0.2) is 0 Å². The fourth-order valence-electron chi connectivity index (χ4n) is 0.426. The molecule has 0 aromatic heterocycles. The number of hydrogen-bond donors (Lipinski definition) is 2. The molecule has 0 aliphatic rings. The summed E-state index contributed by atoms with van der Waals surface area (Å²) >= 11 is 0.423. The number of carbonyl (C=O) groups is 1. The van der Waals surface area contributed by atoms with Crippen LogP contribution in [0.15, 0.2) is 0 Å². The van der Waals surface area contributed by atoms with Crippen molar-refractivity contribution in [1.82, 2.24) is 0 Å². The Hall–Kier alpha value is -0.0505. The van der Waals surface area contributed by atoms with E-state index in [2.05, 4.69) is 6.92 Å². The van der Waals surface area contributed by atoms with Crippen molar-refractivity contribution in [2.45, 2.75) is 30.0 Å². The Kier molecular flexibility index (Phi) is 5.68. The number of aliphatic carboxylic acids is 1. The second-order valence-electron chi connectivity index (χ2n) is 2.02. The maximum absolute atomic E-state index is 10.2. The molecule has 10 heavy (non-hydrogen) atoms. The molecule has 0 amide bonds. The van der Waals surface area contributed by atoms with E-state index in [0.717, 1.165) is 11.7 Å². The minimum atomic E-state index is -0.877. The molecule has 0 heterocycles. The van der Waals surface area contributed by atoms with Gasteiger partial charge in [-0.15, -0.1) is 0 Å². The summed E-state index contributed by atoms with van der Waals surface area (Å²) < 4.78 is 0. The van der Waals surface area contributed by atoms with Gasteiger partial charge in [-0.25, -0.2) is 0 Å². The van der Waals surface area contributed by atoms with E-state index in [1.54, 1.807) is 0 Å². The Morgan fingerprint density at radius 2 is 2.40 bits per heavy atom. The molecule has 0 aromatic carbocycles. The summed E-state index contributed by atoms with van der Waals surface area (Å²) in [7, 11) is 0. The second kappa shape index (κ2) is 5.71. The van der Waals surface area contributed by atoms with Crippen molar-refractivity contribution < 1.29 is 9.90 Å². The molecule has 0 fully saturated rings. The summed E-state index contributed by atoms with van der Waals surface area (Å²) in [4.78, 5) is 10.2. The summed E-state index contributed by atoms with van der Waals surface area (Å²) in [5.74, 6) is -0.877. The van der Waals surface area contributed by atoms with Crippen LogP contribution in [0.1, 0.15) is 13.3 Å². The number of rotatable bonds is 5. The molecule has 4 heteroatoms. The third-order valence-corrected chi connectivity index (χ3v) is 3.67. The van der Waals surface area contributed by atoms with Gasteiger partial charge in [0.25, 0.3) is 0 Å². The molecule has 0 rings (SSSR count). The third-order valence-electron chi connectivity index (χ3n) is 0.963. The molecule has 0 spiro atoms. The molecule has 0 bridgehead atoms. The summed E-state index contributed by atoms with van der Waals surface area (Å²) in [6, 6.07) is -0.633. The quantitative estimate of drug-likeness (QED) is 0.508. The average Bonchev–Trinajstić information content (AvgIpc) is 1.88. The predicted octanol–water partition coefficient (Wildman–Crippen LogP) is 0.349. The molecule has 0 aliphatic heterocycles. The van der Waals surface area contributed by atoms with Crippen LogP contribution in [-0.4, -0.2) is 32.1 Å². The van der Waals surface area contributed by atoms with E-state index >= 15 is 0 Å². The van der Waals surface area contributed by atoms with Gasteiger partial charge in [0.2, 0.25) is 0 Å². The average molecular weight is 210 g/mol. The molecule has 0 radical (unpaired) electrons. The molecule has 0 saturated heterocycles. The minimum absolute atomic E-state index is 0.423. The van der Waals surface area contributed by atoms with E-state index in [-0.39, 0.29) is 0 Å². The first kappa shape index (κ1) is 9.95. The van der Waals surface area contributed by atoms with Crippen LogP contribution in [0.4, 0.5) is 0 Å². The molecule has 0 aliphatic carbocycles. The zero-order chi connectivity index (χ0) is 7.98. The van der Waals surface area contributed by atoms with Gasteiger partial charge >= 0.3 is 66.6 Å². The molecular weight excluding hydrogens is 197 g/mol. The van der Waals surface area contributed by atoms with E-state index in [1.165, 1.54) is 0 Å². The van der Waals surface area contributed by atoms with Crippen LogP contribution in [0.2, 0.25) is 10.6 Å². The number of nitrogens with two attached hydrogens (primary N) is 1. The van der Waals surface area contributed by atoms with Crippen LogP contribution in [0.25, 0.3) is 0 Å². The van der Waals surface area contributed by atoms with Crippen molar-refractivity contribution in [3.05, 3.63) is 0 Å². The number of hydrogen-bond acceptors (Lipinski definition) is 2. The number of carboxylic acid groups (broad SMARTS) is 1. The van der Waals surface area contributed by atoms with Gasteiger partial charge in [-0.05, 0) is 0 Å². The molecule has 0 aromatic rings. The summed E-state index contributed by atoms with van der Waals surface area (Å²) in [5.41, 5.74) is 5.27. The van der Waals surface area contributed by atoms with Crippen LogP contribution < -0.4 is 5.73 Å². The standard InChI is InChI=1S/C6H13NO2Se/c1-2-3-10-4-5(7)6(8)9/h5H,2-4,7H2,1H3,(H,8,9)/t5-/m0/s1. The van der Waals surface area contributed by atoms with E-state index in [4.69, 9.17) is 10.8 Å². The molecule has 3 N–H and O–H groups in total. The monoisotopic (exact) mass is 211 g/mol. The number of carboxylic acids is 1. The molecule has 1 atom stereocenters.